The SMILES string of the molecule is O=C(NCc1ccccc1Br)c1sccc1Br. The minimum absolute atomic E-state index is 0.0531. The molecule has 1 heterocycles. The fourth-order valence-corrected chi connectivity index (χ4v) is 3.25. The number of benzene rings is 1. The van der Waals surface area contributed by atoms with E-state index in [1.165, 1.54) is 11.3 Å². The van der Waals surface area contributed by atoms with Gasteiger partial charge in [-0.15, -0.1) is 11.3 Å². The summed E-state index contributed by atoms with van der Waals surface area (Å²) < 4.78 is 1.85. The average molecular weight is 375 g/mol. The van der Waals surface area contributed by atoms with Crippen molar-refractivity contribution in [3.05, 3.63) is 55.1 Å². The summed E-state index contributed by atoms with van der Waals surface area (Å²) in [6.45, 7) is 0.518. The van der Waals surface area contributed by atoms with Crippen LogP contribution in [0.25, 0.3) is 0 Å². The molecule has 0 saturated heterocycles. The van der Waals surface area contributed by atoms with Crippen LogP contribution in [0.4, 0.5) is 0 Å². The molecule has 1 amide bonds. The molecule has 0 saturated carbocycles. The second kappa shape index (κ2) is 5.80. The van der Waals surface area contributed by atoms with E-state index in [0.29, 0.717) is 11.4 Å². The highest BCUT2D eigenvalue weighted by molar-refractivity contribution is 9.10. The Kier molecular flexibility index (Phi) is 4.36. The standard InChI is InChI=1S/C12H9Br2NOS/c13-9-4-2-1-3-8(9)7-15-12(16)11-10(14)5-6-17-11/h1-6H,7H2,(H,15,16). The van der Waals surface area contributed by atoms with E-state index in [4.69, 9.17) is 0 Å². The fraction of sp³-hybridized carbons (Fsp3) is 0.0833. The molecule has 0 fully saturated rings. The highest BCUT2D eigenvalue weighted by atomic mass is 79.9. The second-order valence-corrected chi connectivity index (χ2v) is 6.00. The van der Waals surface area contributed by atoms with Gasteiger partial charge in [-0.2, -0.15) is 0 Å². The molecule has 0 aliphatic rings. The summed E-state index contributed by atoms with van der Waals surface area (Å²) in [6, 6.07) is 9.72. The third kappa shape index (κ3) is 3.18. The van der Waals surface area contributed by atoms with Crippen LogP contribution >= 0.6 is 43.2 Å². The van der Waals surface area contributed by atoms with Gasteiger partial charge in [0.05, 0.1) is 0 Å². The second-order valence-electron chi connectivity index (χ2n) is 3.37. The Bertz CT molecular complexity index is 539. The van der Waals surface area contributed by atoms with Gasteiger partial charge >= 0.3 is 0 Å². The summed E-state index contributed by atoms with van der Waals surface area (Å²) in [5.41, 5.74) is 1.06. The summed E-state index contributed by atoms with van der Waals surface area (Å²) in [5, 5.41) is 4.78. The van der Waals surface area contributed by atoms with Crippen LogP contribution in [-0.4, -0.2) is 5.91 Å². The molecule has 0 aliphatic heterocycles. The molecule has 17 heavy (non-hydrogen) atoms. The lowest BCUT2D eigenvalue weighted by atomic mass is 10.2. The summed E-state index contributed by atoms with van der Waals surface area (Å²) >= 11 is 8.23. The highest BCUT2D eigenvalue weighted by Gasteiger charge is 2.11. The maximum absolute atomic E-state index is 11.9. The maximum Gasteiger partial charge on any atom is 0.262 e. The van der Waals surface area contributed by atoms with Crippen molar-refractivity contribution >= 4 is 49.1 Å². The van der Waals surface area contributed by atoms with Gasteiger partial charge in [-0.1, -0.05) is 34.1 Å². The van der Waals surface area contributed by atoms with Crippen molar-refractivity contribution < 1.29 is 4.79 Å². The predicted molar refractivity (Wildman–Crippen MR) is 77.3 cm³/mol. The Labute approximate surface area is 120 Å². The van der Waals surface area contributed by atoms with E-state index in [9.17, 15) is 4.79 Å². The van der Waals surface area contributed by atoms with Crippen molar-refractivity contribution in [2.45, 2.75) is 6.54 Å². The van der Waals surface area contributed by atoms with Crippen molar-refractivity contribution in [3.8, 4) is 0 Å². The zero-order valence-electron chi connectivity index (χ0n) is 8.74. The van der Waals surface area contributed by atoms with Gasteiger partial charge in [-0.3, -0.25) is 4.79 Å². The Morgan fingerprint density at radius 3 is 2.59 bits per heavy atom. The molecule has 0 unspecified atom stereocenters. The Balaban J connectivity index is 2.02. The number of amides is 1. The molecule has 0 bridgehead atoms. The number of thiophene rings is 1. The number of nitrogens with one attached hydrogen (secondary N) is 1. The van der Waals surface area contributed by atoms with Crippen LogP contribution < -0.4 is 5.32 Å². The average Bonchev–Trinajstić information content (AvgIpc) is 2.74. The number of hydrogen-bond acceptors (Lipinski definition) is 2. The molecule has 0 aliphatic carbocycles. The Morgan fingerprint density at radius 1 is 1.18 bits per heavy atom. The molecule has 0 atom stereocenters. The van der Waals surface area contributed by atoms with Gasteiger partial charge in [0.1, 0.15) is 4.88 Å². The van der Waals surface area contributed by atoms with E-state index >= 15 is 0 Å². The van der Waals surface area contributed by atoms with Crippen molar-refractivity contribution in [1.29, 1.82) is 0 Å². The lowest BCUT2D eigenvalue weighted by Crippen LogP contribution is -2.22. The van der Waals surface area contributed by atoms with Gasteiger partial charge < -0.3 is 5.32 Å². The lowest BCUT2D eigenvalue weighted by Gasteiger charge is -2.06. The molecule has 88 valence electrons. The summed E-state index contributed by atoms with van der Waals surface area (Å²) in [5.74, 6) is -0.0531. The van der Waals surface area contributed by atoms with Crippen molar-refractivity contribution in [3.63, 3.8) is 0 Å². The molecule has 5 heteroatoms. The first kappa shape index (κ1) is 12.8. The summed E-state index contributed by atoms with van der Waals surface area (Å²) in [4.78, 5) is 12.6. The zero-order chi connectivity index (χ0) is 12.3. The van der Waals surface area contributed by atoms with Crippen LogP contribution in [0.3, 0.4) is 0 Å². The Hall–Kier alpha value is -0.650. The predicted octanol–water partition coefficient (Wildman–Crippen LogP) is 4.20. The quantitative estimate of drug-likeness (QED) is 0.856. The van der Waals surface area contributed by atoms with Crippen LogP contribution in [0.1, 0.15) is 15.2 Å². The molecule has 1 aromatic carbocycles. The number of rotatable bonds is 3. The van der Waals surface area contributed by atoms with E-state index in [-0.39, 0.29) is 5.91 Å². The largest absolute Gasteiger partial charge is 0.347 e. The molecule has 0 spiro atoms. The van der Waals surface area contributed by atoms with Crippen LogP contribution in [0.15, 0.2) is 44.7 Å². The smallest absolute Gasteiger partial charge is 0.262 e. The lowest BCUT2D eigenvalue weighted by molar-refractivity contribution is 0.0954. The number of carbonyl (C=O) groups is 1. The van der Waals surface area contributed by atoms with Gasteiger partial charge in [-0.25, -0.2) is 0 Å². The van der Waals surface area contributed by atoms with E-state index in [1.54, 1.807) is 0 Å². The monoisotopic (exact) mass is 373 g/mol. The zero-order valence-corrected chi connectivity index (χ0v) is 12.7. The molecule has 2 rings (SSSR count). The molecular weight excluding hydrogens is 366 g/mol. The Morgan fingerprint density at radius 2 is 1.94 bits per heavy atom. The van der Waals surface area contributed by atoms with Gasteiger partial charge in [0, 0.05) is 15.5 Å². The van der Waals surface area contributed by atoms with Crippen LogP contribution in [0.2, 0.25) is 0 Å². The van der Waals surface area contributed by atoms with Crippen LogP contribution in [0, 0.1) is 0 Å². The van der Waals surface area contributed by atoms with E-state index in [2.05, 4.69) is 37.2 Å². The van der Waals surface area contributed by atoms with Gasteiger partial charge in [-0.05, 0) is 39.0 Å². The normalized spacial score (nSPS) is 10.2. The van der Waals surface area contributed by atoms with Crippen LogP contribution in [0.5, 0.6) is 0 Å². The third-order valence-corrected chi connectivity index (χ3v) is 4.83. The maximum atomic E-state index is 11.9. The van der Waals surface area contributed by atoms with Gasteiger partial charge in [0.25, 0.3) is 5.91 Å². The first-order valence-electron chi connectivity index (χ1n) is 4.93. The van der Waals surface area contributed by atoms with E-state index < -0.39 is 0 Å². The van der Waals surface area contributed by atoms with Crippen molar-refractivity contribution in [2.24, 2.45) is 0 Å². The van der Waals surface area contributed by atoms with E-state index in [0.717, 1.165) is 14.5 Å². The minimum atomic E-state index is -0.0531. The topological polar surface area (TPSA) is 29.1 Å². The molecular formula is C12H9Br2NOS. The molecule has 1 N–H and O–H groups in total. The first-order valence-corrected chi connectivity index (χ1v) is 7.39. The molecule has 1 aromatic heterocycles. The number of carbonyl (C=O) groups excluding carboxylic acids is 1. The molecule has 0 radical (unpaired) electrons. The third-order valence-electron chi connectivity index (χ3n) is 2.22. The fourth-order valence-electron chi connectivity index (χ4n) is 1.35. The minimum Gasteiger partial charge on any atom is -0.347 e. The van der Waals surface area contributed by atoms with Crippen LogP contribution in [-0.2, 0) is 6.54 Å². The van der Waals surface area contributed by atoms with Crippen molar-refractivity contribution in [2.75, 3.05) is 0 Å². The van der Waals surface area contributed by atoms with E-state index in [1.807, 2.05) is 35.7 Å². The number of hydrogen-bond donors (Lipinski definition) is 1. The molecule has 2 aromatic rings. The summed E-state index contributed by atoms with van der Waals surface area (Å²) in [6.07, 6.45) is 0. The van der Waals surface area contributed by atoms with Gasteiger partial charge in [0.2, 0.25) is 0 Å². The summed E-state index contributed by atoms with van der Waals surface area (Å²) in [7, 11) is 0. The van der Waals surface area contributed by atoms with Crippen molar-refractivity contribution in [1.82, 2.24) is 5.32 Å². The first-order chi connectivity index (χ1) is 8.18. The number of halogens is 2. The van der Waals surface area contributed by atoms with Gasteiger partial charge in [0.15, 0.2) is 0 Å². The highest BCUT2D eigenvalue weighted by Crippen LogP contribution is 2.22. The molecule has 2 nitrogen and oxygen atoms in total.